The van der Waals surface area contributed by atoms with Crippen molar-refractivity contribution in [3.8, 4) is 11.4 Å². The van der Waals surface area contributed by atoms with E-state index in [9.17, 15) is 4.79 Å². The van der Waals surface area contributed by atoms with E-state index in [2.05, 4.69) is 10.1 Å². The summed E-state index contributed by atoms with van der Waals surface area (Å²) in [5, 5.41) is 3.90. The zero-order chi connectivity index (χ0) is 15.5. The van der Waals surface area contributed by atoms with Gasteiger partial charge >= 0.3 is 5.97 Å². The van der Waals surface area contributed by atoms with Gasteiger partial charge in [-0.25, -0.2) is 4.79 Å². The number of ether oxygens (including phenoxy) is 1. The number of carbonyl (C=O) groups excluding carboxylic acids is 1. The fourth-order valence-electron chi connectivity index (χ4n) is 1.98. The smallest absolute Gasteiger partial charge is 0.342 e. The molecule has 0 radical (unpaired) electrons. The molecule has 22 heavy (non-hydrogen) atoms. The Bertz CT molecular complexity index is 776. The summed E-state index contributed by atoms with van der Waals surface area (Å²) in [6.07, 6.45) is 0.795. The molecule has 2 aromatic heterocycles. The number of rotatable bonds is 4. The maximum atomic E-state index is 12.0. The molecule has 1 atom stereocenters. The molecule has 112 valence electrons. The van der Waals surface area contributed by atoms with Gasteiger partial charge in [-0.2, -0.15) is 4.98 Å². The van der Waals surface area contributed by atoms with Crippen LogP contribution in [-0.2, 0) is 4.74 Å². The molecule has 0 fully saturated rings. The minimum absolute atomic E-state index is 0.244. The topological polar surface area (TPSA) is 78.4 Å². The van der Waals surface area contributed by atoms with Crippen LogP contribution in [-0.4, -0.2) is 16.1 Å². The van der Waals surface area contributed by atoms with Crippen LogP contribution in [0.1, 0.15) is 35.0 Å². The van der Waals surface area contributed by atoms with E-state index >= 15 is 0 Å². The fraction of sp³-hybridized carbons (Fsp3) is 0.188. The van der Waals surface area contributed by atoms with Gasteiger partial charge in [-0.1, -0.05) is 35.5 Å². The largest absolute Gasteiger partial charge is 0.469 e. The summed E-state index contributed by atoms with van der Waals surface area (Å²) in [6.45, 7) is 3.37. The van der Waals surface area contributed by atoms with Gasteiger partial charge in [0, 0.05) is 5.56 Å². The molecule has 6 heteroatoms. The Balaban J connectivity index is 1.73. The standard InChI is InChI=1S/C16H14N2O4/c1-10-13(8-9-20-10)16(19)21-11(2)15-17-14(18-22-15)12-6-4-3-5-7-12/h3-9,11H,1-2H3/t11-/m1/s1. The van der Waals surface area contributed by atoms with Gasteiger partial charge in [-0.3, -0.25) is 0 Å². The van der Waals surface area contributed by atoms with Crippen LogP contribution in [0.3, 0.4) is 0 Å². The number of hydrogen-bond donors (Lipinski definition) is 0. The summed E-state index contributed by atoms with van der Waals surface area (Å²) in [7, 11) is 0. The Labute approximate surface area is 126 Å². The van der Waals surface area contributed by atoms with Crippen molar-refractivity contribution in [2.45, 2.75) is 20.0 Å². The molecule has 0 aliphatic rings. The molecule has 0 N–H and O–H groups in total. The van der Waals surface area contributed by atoms with E-state index in [1.165, 1.54) is 6.26 Å². The average molecular weight is 298 g/mol. The summed E-state index contributed by atoms with van der Waals surface area (Å²) in [5.41, 5.74) is 1.22. The van der Waals surface area contributed by atoms with Crippen LogP contribution in [0.25, 0.3) is 11.4 Å². The maximum Gasteiger partial charge on any atom is 0.342 e. The number of esters is 1. The quantitative estimate of drug-likeness (QED) is 0.685. The number of carbonyl (C=O) groups is 1. The highest BCUT2D eigenvalue weighted by molar-refractivity contribution is 5.90. The Kier molecular flexibility index (Phi) is 3.74. The highest BCUT2D eigenvalue weighted by Crippen LogP contribution is 2.22. The molecule has 0 saturated heterocycles. The Morgan fingerprint density at radius 1 is 1.23 bits per heavy atom. The third kappa shape index (κ3) is 2.76. The predicted octanol–water partition coefficient (Wildman–Crippen LogP) is 3.56. The molecule has 1 aromatic carbocycles. The van der Waals surface area contributed by atoms with E-state index < -0.39 is 12.1 Å². The Morgan fingerprint density at radius 2 is 2.00 bits per heavy atom. The van der Waals surface area contributed by atoms with Gasteiger partial charge in [0.1, 0.15) is 11.3 Å². The second kappa shape index (κ2) is 5.85. The molecule has 3 rings (SSSR count). The number of hydrogen-bond acceptors (Lipinski definition) is 6. The van der Waals surface area contributed by atoms with Crippen LogP contribution in [0.4, 0.5) is 0 Å². The third-order valence-electron chi connectivity index (χ3n) is 3.18. The molecule has 0 bridgehead atoms. The van der Waals surface area contributed by atoms with Crippen LogP contribution < -0.4 is 0 Å². The zero-order valence-corrected chi connectivity index (χ0v) is 12.1. The maximum absolute atomic E-state index is 12.0. The normalized spacial score (nSPS) is 12.1. The van der Waals surface area contributed by atoms with Gasteiger partial charge in [0.05, 0.1) is 6.26 Å². The van der Waals surface area contributed by atoms with Crippen molar-refractivity contribution >= 4 is 5.97 Å². The lowest BCUT2D eigenvalue weighted by molar-refractivity contribution is 0.0263. The molecule has 0 aliphatic carbocycles. The first-order valence-electron chi connectivity index (χ1n) is 6.79. The van der Waals surface area contributed by atoms with E-state index in [1.54, 1.807) is 19.9 Å². The van der Waals surface area contributed by atoms with Crippen LogP contribution in [0.15, 0.2) is 51.6 Å². The second-order valence-corrected chi connectivity index (χ2v) is 4.76. The first-order valence-corrected chi connectivity index (χ1v) is 6.79. The van der Waals surface area contributed by atoms with E-state index in [-0.39, 0.29) is 5.89 Å². The third-order valence-corrected chi connectivity index (χ3v) is 3.18. The lowest BCUT2D eigenvalue weighted by Gasteiger charge is -2.08. The Morgan fingerprint density at radius 3 is 2.68 bits per heavy atom. The van der Waals surface area contributed by atoms with E-state index in [4.69, 9.17) is 13.7 Å². The van der Waals surface area contributed by atoms with Crippen molar-refractivity contribution in [3.05, 3.63) is 59.9 Å². The SMILES string of the molecule is Cc1occc1C(=O)O[C@H](C)c1nc(-c2ccccc2)no1. The van der Waals surface area contributed by atoms with Gasteiger partial charge in [-0.05, 0) is 19.9 Å². The summed E-state index contributed by atoms with van der Waals surface area (Å²) in [4.78, 5) is 16.3. The molecule has 2 heterocycles. The predicted molar refractivity (Wildman–Crippen MR) is 77.0 cm³/mol. The van der Waals surface area contributed by atoms with Gasteiger partial charge in [0.2, 0.25) is 5.82 Å². The highest BCUT2D eigenvalue weighted by Gasteiger charge is 2.21. The summed E-state index contributed by atoms with van der Waals surface area (Å²) in [5.74, 6) is 0.720. The molecule has 0 saturated carbocycles. The monoisotopic (exact) mass is 298 g/mol. The van der Waals surface area contributed by atoms with Gasteiger partial charge in [-0.15, -0.1) is 0 Å². The molecular formula is C16H14N2O4. The van der Waals surface area contributed by atoms with Gasteiger partial charge < -0.3 is 13.7 Å². The van der Waals surface area contributed by atoms with E-state index in [1.807, 2.05) is 30.3 Å². The van der Waals surface area contributed by atoms with Crippen LogP contribution in [0, 0.1) is 6.92 Å². The number of aromatic nitrogens is 2. The van der Waals surface area contributed by atoms with Crippen molar-refractivity contribution in [3.63, 3.8) is 0 Å². The van der Waals surface area contributed by atoms with Crippen LogP contribution in [0.2, 0.25) is 0 Å². The van der Waals surface area contributed by atoms with Crippen molar-refractivity contribution in [1.82, 2.24) is 10.1 Å². The first-order chi connectivity index (χ1) is 10.6. The van der Waals surface area contributed by atoms with Crippen molar-refractivity contribution < 1.29 is 18.5 Å². The number of furan rings is 1. The van der Waals surface area contributed by atoms with E-state index in [0.717, 1.165) is 5.56 Å². The summed E-state index contributed by atoms with van der Waals surface area (Å²) < 4.78 is 15.6. The lowest BCUT2D eigenvalue weighted by atomic mass is 10.2. The molecule has 0 amide bonds. The van der Waals surface area contributed by atoms with Gasteiger partial charge in [0.25, 0.3) is 5.89 Å². The highest BCUT2D eigenvalue weighted by atomic mass is 16.6. The van der Waals surface area contributed by atoms with E-state index in [0.29, 0.717) is 17.1 Å². The molecule has 6 nitrogen and oxygen atoms in total. The molecule has 0 spiro atoms. The molecule has 0 unspecified atom stereocenters. The minimum Gasteiger partial charge on any atom is -0.469 e. The summed E-state index contributed by atoms with van der Waals surface area (Å²) in [6, 6.07) is 11.0. The lowest BCUT2D eigenvalue weighted by Crippen LogP contribution is -2.09. The zero-order valence-electron chi connectivity index (χ0n) is 12.1. The van der Waals surface area contributed by atoms with Gasteiger partial charge in [0.15, 0.2) is 6.10 Å². The number of aryl methyl sites for hydroxylation is 1. The van der Waals surface area contributed by atoms with Crippen molar-refractivity contribution in [1.29, 1.82) is 0 Å². The minimum atomic E-state index is -0.647. The molecule has 0 aliphatic heterocycles. The second-order valence-electron chi connectivity index (χ2n) is 4.76. The van der Waals surface area contributed by atoms with Crippen LogP contribution >= 0.6 is 0 Å². The number of nitrogens with zero attached hydrogens (tertiary/aromatic N) is 2. The first kappa shape index (κ1) is 14.1. The van der Waals surface area contributed by atoms with Crippen LogP contribution in [0.5, 0.6) is 0 Å². The fourth-order valence-corrected chi connectivity index (χ4v) is 1.98. The summed E-state index contributed by atoms with van der Waals surface area (Å²) >= 11 is 0. The average Bonchev–Trinajstić information content (AvgIpc) is 3.17. The number of benzene rings is 1. The van der Waals surface area contributed by atoms with Crippen molar-refractivity contribution in [2.75, 3.05) is 0 Å². The molecule has 3 aromatic rings. The molecular weight excluding hydrogens is 284 g/mol. The Hall–Kier alpha value is -2.89. The van der Waals surface area contributed by atoms with Crippen molar-refractivity contribution in [2.24, 2.45) is 0 Å².